The van der Waals surface area contributed by atoms with Crippen LogP contribution >= 0.6 is 11.6 Å². The second kappa shape index (κ2) is 8.58. The highest BCUT2D eigenvalue weighted by Crippen LogP contribution is 2.43. The van der Waals surface area contributed by atoms with Crippen molar-refractivity contribution in [2.24, 2.45) is 0 Å². The number of piperazine rings is 1. The number of sulfonamides is 1. The van der Waals surface area contributed by atoms with Crippen LogP contribution in [-0.2, 0) is 15.6 Å². The van der Waals surface area contributed by atoms with Gasteiger partial charge >= 0.3 is 0 Å². The van der Waals surface area contributed by atoms with Gasteiger partial charge < -0.3 is 4.90 Å². The molecule has 0 N–H and O–H groups in total. The number of rotatable bonds is 5. The Morgan fingerprint density at radius 1 is 0.848 bits per heavy atom. The normalized spacial score (nSPS) is 20.3. The summed E-state index contributed by atoms with van der Waals surface area (Å²) in [5, 5.41) is 3.07. The van der Waals surface area contributed by atoms with Crippen molar-refractivity contribution in [2.45, 2.75) is 30.7 Å². The lowest BCUT2D eigenvalue weighted by atomic mass is 9.94. The second-order valence-corrected chi connectivity index (χ2v) is 11.7. The van der Waals surface area contributed by atoms with Gasteiger partial charge in [-0.15, -0.1) is 0 Å². The van der Waals surface area contributed by atoms with E-state index in [1.165, 1.54) is 11.1 Å². The Morgan fingerprint density at radius 2 is 1.52 bits per heavy atom. The van der Waals surface area contributed by atoms with E-state index in [2.05, 4.69) is 34.1 Å². The lowest BCUT2D eigenvalue weighted by Crippen LogP contribution is -2.47. The van der Waals surface area contributed by atoms with Gasteiger partial charge in [-0.3, -0.25) is 4.90 Å². The third-order valence-corrected chi connectivity index (χ3v) is 9.59. The van der Waals surface area contributed by atoms with Crippen molar-refractivity contribution in [3.05, 3.63) is 71.2 Å². The monoisotopic (exact) mass is 483 g/mol. The highest BCUT2D eigenvalue weighted by atomic mass is 35.5. The van der Waals surface area contributed by atoms with E-state index >= 15 is 0 Å². The Hall–Kier alpha value is -2.12. The molecular formula is C26H30ClN3O2S. The summed E-state index contributed by atoms with van der Waals surface area (Å²) in [6, 6.07) is 19.8. The Bertz CT molecular complexity index is 1280. The molecule has 0 spiro atoms. The number of hydrogen-bond acceptors (Lipinski definition) is 4. The first-order valence-electron chi connectivity index (χ1n) is 11.6. The molecule has 5 rings (SSSR count). The highest BCUT2D eigenvalue weighted by Gasteiger charge is 2.47. The van der Waals surface area contributed by atoms with Crippen LogP contribution in [0.5, 0.6) is 0 Å². The molecule has 0 bridgehead atoms. The fraction of sp³-hybridized carbons (Fsp3) is 0.385. The number of benzene rings is 3. The van der Waals surface area contributed by atoms with E-state index in [0.717, 1.165) is 55.1 Å². The molecule has 174 valence electrons. The van der Waals surface area contributed by atoms with E-state index in [1.54, 1.807) is 16.4 Å². The van der Waals surface area contributed by atoms with Crippen LogP contribution in [-0.4, -0.2) is 56.9 Å². The van der Waals surface area contributed by atoms with Crippen LogP contribution in [0.2, 0.25) is 5.02 Å². The standard InChI is InChI=1S/C26H30ClN3O2S/c1-26(2)22-10-5-6-11-25(22)33(31,32)30(26)15-7-14-28-16-18-29(19-17-28)24-13-12-23(27)20-8-3-4-9-21(20)24/h3-6,8-13H,7,14-19H2,1-2H3. The first kappa shape index (κ1) is 22.7. The maximum absolute atomic E-state index is 13.1. The molecule has 7 heteroatoms. The van der Waals surface area contributed by atoms with Crippen LogP contribution in [0.4, 0.5) is 5.69 Å². The van der Waals surface area contributed by atoms with E-state index in [9.17, 15) is 8.42 Å². The summed E-state index contributed by atoms with van der Waals surface area (Å²) < 4.78 is 27.9. The zero-order valence-corrected chi connectivity index (χ0v) is 20.7. The summed E-state index contributed by atoms with van der Waals surface area (Å²) in [5.74, 6) is 0. The third kappa shape index (κ3) is 3.93. The van der Waals surface area contributed by atoms with E-state index in [-0.39, 0.29) is 0 Å². The van der Waals surface area contributed by atoms with E-state index in [0.29, 0.717) is 11.4 Å². The van der Waals surface area contributed by atoms with Crippen molar-refractivity contribution in [3.8, 4) is 0 Å². The molecule has 0 atom stereocenters. The molecule has 3 aromatic rings. The lowest BCUT2D eigenvalue weighted by Gasteiger charge is -2.37. The van der Waals surface area contributed by atoms with Gasteiger partial charge in [0.25, 0.3) is 0 Å². The van der Waals surface area contributed by atoms with Gasteiger partial charge in [0.1, 0.15) is 0 Å². The average molecular weight is 484 g/mol. The van der Waals surface area contributed by atoms with Crippen LogP contribution < -0.4 is 4.90 Å². The molecule has 2 aliphatic heterocycles. The van der Waals surface area contributed by atoms with Crippen molar-refractivity contribution >= 4 is 38.1 Å². The van der Waals surface area contributed by atoms with Crippen LogP contribution in [0.3, 0.4) is 0 Å². The lowest BCUT2D eigenvalue weighted by molar-refractivity contribution is 0.210. The van der Waals surface area contributed by atoms with Crippen molar-refractivity contribution in [2.75, 3.05) is 44.2 Å². The number of anilines is 1. The first-order valence-corrected chi connectivity index (χ1v) is 13.4. The summed E-state index contributed by atoms with van der Waals surface area (Å²) in [4.78, 5) is 5.33. The van der Waals surface area contributed by atoms with Crippen LogP contribution in [0.15, 0.2) is 65.6 Å². The van der Waals surface area contributed by atoms with Gasteiger partial charge in [-0.05, 0) is 50.6 Å². The molecule has 0 amide bonds. The molecule has 3 aromatic carbocycles. The number of nitrogens with zero attached hydrogens (tertiary/aromatic N) is 3. The Balaban J connectivity index is 1.20. The molecule has 0 unspecified atom stereocenters. The minimum Gasteiger partial charge on any atom is -0.368 e. The third-order valence-electron chi connectivity index (χ3n) is 7.13. The van der Waals surface area contributed by atoms with E-state index < -0.39 is 15.6 Å². The number of hydrogen-bond donors (Lipinski definition) is 0. The van der Waals surface area contributed by atoms with Gasteiger partial charge in [0.2, 0.25) is 10.0 Å². The van der Waals surface area contributed by atoms with Gasteiger partial charge in [-0.1, -0.05) is 54.1 Å². The zero-order chi connectivity index (χ0) is 23.2. The predicted octanol–water partition coefficient (Wildman–Crippen LogP) is 4.94. The topological polar surface area (TPSA) is 43.9 Å². The zero-order valence-electron chi connectivity index (χ0n) is 19.2. The van der Waals surface area contributed by atoms with Crippen molar-refractivity contribution in [3.63, 3.8) is 0 Å². The average Bonchev–Trinajstić information content (AvgIpc) is 2.97. The molecule has 0 saturated carbocycles. The predicted molar refractivity (Wildman–Crippen MR) is 136 cm³/mol. The Morgan fingerprint density at radius 3 is 2.24 bits per heavy atom. The smallest absolute Gasteiger partial charge is 0.244 e. The molecule has 5 nitrogen and oxygen atoms in total. The fourth-order valence-corrected chi connectivity index (χ4v) is 7.70. The second-order valence-electron chi connectivity index (χ2n) is 9.43. The van der Waals surface area contributed by atoms with E-state index in [4.69, 9.17) is 11.6 Å². The van der Waals surface area contributed by atoms with Crippen LogP contribution in [0, 0.1) is 0 Å². The quantitative estimate of drug-likeness (QED) is 0.515. The summed E-state index contributed by atoms with van der Waals surface area (Å²) >= 11 is 6.40. The highest BCUT2D eigenvalue weighted by molar-refractivity contribution is 7.89. The maximum Gasteiger partial charge on any atom is 0.244 e. The fourth-order valence-electron chi connectivity index (χ4n) is 5.32. The Labute approximate surface area is 201 Å². The first-order chi connectivity index (χ1) is 15.8. The van der Waals surface area contributed by atoms with E-state index in [1.807, 2.05) is 38.1 Å². The summed E-state index contributed by atoms with van der Waals surface area (Å²) in [5.41, 5.74) is 1.62. The van der Waals surface area contributed by atoms with Crippen molar-refractivity contribution in [1.82, 2.24) is 9.21 Å². The number of halogens is 1. The molecule has 1 fully saturated rings. The van der Waals surface area contributed by atoms with Gasteiger partial charge in [-0.25, -0.2) is 8.42 Å². The Kier molecular flexibility index (Phi) is 5.90. The van der Waals surface area contributed by atoms with Gasteiger partial charge in [-0.2, -0.15) is 4.31 Å². The molecular weight excluding hydrogens is 454 g/mol. The molecule has 0 aromatic heterocycles. The molecule has 2 aliphatic rings. The summed E-state index contributed by atoms with van der Waals surface area (Å²) in [6.07, 6.45) is 0.820. The van der Waals surface area contributed by atoms with Crippen LogP contribution in [0.25, 0.3) is 10.8 Å². The van der Waals surface area contributed by atoms with Crippen molar-refractivity contribution in [1.29, 1.82) is 0 Å². The molecule has 0 aliphatic carbocycles. The largest absolute Gasteiger partial charge is 0.368 e. The molecule has 0 radical (unpaired) electrons. The van der Waals surface area contributed by atoms with Crippen molar-refractivity contribution < 1.29 is 8.42 Å². The summed E-state index contributed by atoms with van der Waals surface area (Å²) in [7, 11) is -3.43. The molecule has 1 saturated heterocycles. The SMILES string of the molecule is CC1(C)c2ccccc2S(=O)(=O)N1CCCN1CCN(c2ccc(Cl)c3ccccc23)CC1. The van der Waals surface area contributed by atoms with Crippen LogP contribution in [0.1, 0.15) is 25.8 Å². The van der Waals surface area contributed by atoms with Gasteiger partial charge in [0.15, 0.2) is 0 Å². The maximum atomic E-state index is 13.1. The minimum absolute atomic E-state index is 0.457. The number of fused-ring (bicyclic) bond motifs is 2. The summed E-state index contributed by atoms with van der Waals surface area (Å²) in [6.45, 7) is 9.27. The van der Waals surface area contributed by atoms with Gasteiger partial charge in [0.05, 0.1) is 10.4 Å². The minimum atomic E-state index is -3.43. The van der Waals surface area contributed by atoms with Gasteiger partial charge in [0, 0.05) is 54.2 Å². The molecule has 33 heavy (non-hydrogen) atoms. The molecule has 2 heterocycles.